The van der Waals surface area contributed by atoms with Gasteiger partial charge in [-0.15, -0.1) is 0 Å². The number of amides is 2. The van der Waals surface area contributed by atoms with Crippen LogP contribution in [0.1, 0.15) is 18.4 Å². The third kappa shape index (κ3) is 6.40. The monoisotopic (exact) mass is 390 g/mol. The van der Waals surface area contributed by atoms with Gasteiger partial charge in [0, 0.05) is 24.6 Å². The van der Waals surface area contributed by atoms with Gasteiger partial charge in [-0.2, -0.15) is 0 Å². The van der Waals surface area contributed by atoms with E-state index in [0.29, 0.717) is 36.7 Å². The number of carboxylic acids is 1. The summed E-state index contributed by atoms with van der Waals surface area (Å²) >= 11 is 0. The average molecular weight is 390 g/mol. The van der Waals surface area contributed by atoms with Gasteiger partial charge in [0.1, 0.15) is 0 Å². The Kier molecular flexibility index (Phi) is 10.5. The van der Waals surface area contributed by atoms with Crippen molar-refractivity contribution in [3.63, 3.8) is 0 Å². The second-order valence-electron chi connectivity index (χ2n) is 5.75. The number of carbonyl (C=O) groups excluding carboxylic acids is 2. The van der Waals surface area contributed by atoms with E-state index in [-0.39, 0.29) is 63.8 Å². The molecule has 1 aliphatic heterocycles. The maximum absolute atomic E-state index is 12.1. The maximum atomic E-state index is 12.1. The van der Waals surface area contributed by atoms with E-state index in [1.807, 2.05) is 0 Å². The number of carbonyl (C=O) groups is 2. The zero-order chi connectivity index (χ0) is 18.2. The van der Waals surface area contributed by atoms with Crippen LogP contribution in [0.5, 0.6) is 11.5 Å². The van der Waals surface area contributed by atoms with Crippen molar-refractivity contribution < 1.29 is 80.3 Å². The third-order valence-corrected chi connectivity index (χ3v) is 4.13. The van der Waals surface area contributed by atoms with Crippen molar-refractivity contribution in [2.75, 3.05) is 27.4 Å². The minimum absolute atomic E-state index is 0. The summed E-state index contributed by atoms with van der Waals surface area (Å²) in [6.45, 7) is 1.06. The molecule has 0 spiro atoms. The second kappa shape index (κ2) is 11.8. The predicted octanol–water partition coefficient (Wildman–Crippen LogP) is -2.95. The molecule has 0 bridgehead atoms. The summed E-state index contributed by atoms with van der Waals surface area (Å²) in [6.07, 6.45) is 1.43. The van der Waals surface area contributed by atoms with E-state index in [2.05, 4.69) is 10.6 Å². The molecule has 26 heavy (non-hydrogen) atoms. The Bertz CT molecular complexity index is 607. The number of rotatable bonds is 7. The molecule has 2 rings (SSSR count). The van der Waals surface area contributed by atoms with E-state index >= 15 is 0 Å². The van der Waals surface area contributed by atoms with Crippen LogP contribution >= 0.6 is 0 Å². The number of hydrogen-bond donors (Lipinski definition) is 2. The topological polar surface area (TPSA) is 109 Å². The Labute approximate surface area is 195 Å². The summed E-state index contributed by atoms with van der Waals surface area (Å²) in [5.41, 5.74) is 0.711. The molecule has 1 aromatic carbocycles. The zero-order valence-electron chi connectivity index (χ0n) is 15.4. The van der Waals surface area contributed by atoms with E-state index in [4.69, 9.17) is 14.2 Å². The Balaban J connectivity index is 0.00000338. The minimum atomic E-state index is -1.32. The van der Waals surface area contributed by atoms with E-state index in [1.165, 1.54) is 14.2 Å². The summed E-state index contributed by atoms with van der Waals surface area (Å²) in [5, 5.41) is 16.4. The predicted molar refractivity (Wildman–Crippen MR) is 87.3 cm³/mol. The molecule has 1 heterocycles. The molecule has 0 aromatic heterocycles. The summed E-state index contributed by atoms with van der Waals surface area (Å²) in [6, 6.07) is 3.63. The van der Waals surface area contributed by atoms with Crippen LogP contribution in [0.4, 0.5) is 4.79 Å². The summed E-state index contributed by atoms with van der Waals surface area (Å²) in [5.74, 6) is -0.544. The molecule has 1 aliphatic rings. The van der Waals surface area contributed by atoms with Crippen molar-refractivity contribution in [3.05, 3.63) is 23.8 Å². The van der Waals surface area contributed by atoms with Gasteiger partial charge in [-0.25, -0.2) is 4.79 Å². The van der Waals surface area contributed by atoms with Gasteiger partial charge in [0.25, 0.3) is 0 Å². The smallest absolute Gasteiger partial charge is 0.548 e. The largest absolute Gasteiger partial charge is 1.00 e. The van der Waals surface area contributed by atoms with Crippen LogP contribution in [0.3, 0.4) is 0 Å². The maximum Gasteiger partial charge on any atom is 1.00 e. The minimum Gasteiger partial charge on any atom is -0.548 e. The van der Waals surface area contributed by atoms with Crippen molar-refractivity contribution >= 4 is 12.0 Å². The Morgan fingerprint density at radius 3 is 2.69 bits per heavy atom. The van der Waals surface area contributed by atoms with Gasteiger partial charge in [0.2, 0.25) is 0 Å². The number of para-hydroxylation sites is 1. The first-order valence-electron chi connectivity index (χ1n) is 8.09. The molecule has 2 amide bonds. The van der Waals surface area contributed by atoms with E-state index in [1.54, 1.807) is 18.2 Å². The number of ether oxygens (including phenoxy) is 3. The number of nitrogens with one attached hydrogen (secondary N) is 2. The molecule has 0 saturated carbocycles. The van der Waals surface area contributed by atoms with Gasteiger partial charge in [-0.05, 0) is 18.9 Å². The van der Waals surface area contributed by atoms with Crippen LogP contribution < -0.4 is 76.6 Å². The van der Waals surface area contributed by atoms with Gasteiger partial charge in [0.05, 0.1) is 32.8 Å². The van der Waals surface area contributed by atoms with Gasteiger partial charge in [-0.3, -0.25) is 0 Å². The molecule has 2 unspecified atom stereocenters. The molecule has 0 aliphatic carbocycles. The number of methoxy groups -OCH3 is 2. The normalized spacial score (nSPS) is 17.4. The van der Waals surface area contributed by atoms with E-state index in [9.17, 15) is 14.7 Å². The van der Waals surface area contributed by atoms with Crippen LogP contribution in [0.25, 0.3) is 0 Å². The molecule has 1 fully saturated rings. The number of carboxylic acid groups (broad SMARTS) is 1. The molecule has 8 nitrogen and oxygen atoms in total. The van der Waals surface area contributed by atoms with Crippen LogP contribution in [0.15, 0.2) is 18.2 Å². The van der Waals surface area contributed by atoms with Gasteiger partial charge in [0.15, 0.2) is 11.5 Å². The Morgan fingerprint density at radius 2 is 2.12 bits per heavy atom. The van der Waals surface area contributed by atoms with Crippen LogP contribution in [-0.2, 0) is 16.1 Å². The SMILES string of the molecule is COc1cccc(CNC(=O)NC(C(=O)[O-])C2CCCOC2)c1OC.[K+]. The third-order valence-electron chi connectivity index (χ3n) is 4.13. The van der Waals surface area contributed by atoms with Crippen LogP contribution in [-0.4, -0.2) is 45.5 Å². The second-order valence-corrected chi connectivity index (χ2v) is 5.75. The zero-order valence-corrected chi connectivity index (χ0v) is 18.5. The van der Waals surface area contributed by atoms with Gasteiger partial charge in [-0.1, -0.05) is 12.1 Å². The van der Waals surface area contributed by atoms with Crippen LogP contribution in [0.2, 0.25) is 0 Å². The molecular weight excluding hydrogens is 367 g/mol. The van der Waals surface area contributed by atoms with Crippen molar-refractivity contribution in [1.29, 1.82) is 0 Å². The Morgan fingerprint density at radius 1 is 1.35 bits per heavy atom. The first-order valence-corrected chi connectivity index (χ1v) is 8.09. The first kappa shape index (κ1) is 23.2. The van der Waals surface area contributed by atoms with Crippen molar-refractivity contribution in [2.24, 2.45) is 5.92 Å². The standard InChI is InChI=1S/C17H24N2O6.K/c1-23-13-7-3-5-11(15(13)24-2)9-18-17(22)19-14(16(20)21)12-6-4-8-25-10-12;/h3,5,7,12,14H,4,6,8-10H2,1-2H3,(H,20,21)(H2,18,19,22);/q;+1/p-1. The molecule has 2 N–H and O–H groups in total. The average Bonchev–Trinajstić information content (AvgIpc) is 2.64. The summed E-state index contributed by atoms with van der Waals surface area (Å²) in [7, 11) is 3.04. The molecule has 9 heteroatoms. The van der Waals surface area contributed by atoms with Crippen LogP contribution in [0, 0.1) is 5.92 Å². The fraction of sp³-hybridized carbons (Fsp3) is 0.529. The quantitative estimate of drug-likeness (QED) is 0.482. The number of urea groups is 1. The molecule has 1 saturated heterocycles. The molecule has 138 valence electrons. The van der Waals surface area contributed by atoms with Crippen molar-refractivity contribution in [1.82, 2.24) is 10.6 Å². The fourth-order valence-electron chi connectivity index (χ4n) is 2.86. The van der Waals surface area contributed by atoms with Crippen molar-refractivity contribution in [3.8, 4) is 11.5 Å². The number of hydrogen-bond acceptors (Lipinski definition) is 6. The van der Waals surface area contributed by atoms with E-state index in [0.717, 1.165) is 6.42 Å². The fourth-order valence-corrected chi connectivity index (χ4v) is 2.86. The Hall–Kier alpha value is -0.844. The molecule has 0 radical (unpaired) electrons. The number of aliphatic carboxylic acids is 1. The molecule has 1 aromatic rings. The van der Waals surface area contributed by atoms with E-state index < -0.39 is 18.0 Å². The van der Waals surface area contributed by atoms with Gasteiger partial charge < -0.3 is 34.7 Å². The molecular formula is C17H23KN2O6. The van der Waals surface area contributed by atoms with Crippen molar-refractivity contribution in [2.45, 2.75) is 25.4 Å². The summed E-state index contributed by atoms with van der Waals surface area (Å²) in [4.78, 5) is 23.4. The molecule has 2 atom stereocenters. The summed E-state index contributed by atoms with van der Waals surface area (Å²) < 4.78 is 15.8. The van der Waals surface area contributed by atoms with Gasteiger partial charge >= 0.3 is 57.4 Å². The first-order chi connectivity index (χ1) is 12.1. The number of benzene rings is 1.